The largest absolute Gasteiger partial charge is 1.00 e. The SMILES string of the molecule is CC(C)(C)C1CCC2(CC1)N=C(c1cccc(C(F)(F)F)c1)C(=O)N2Cc1ccc(C(=O)NCCC(=O)[O-])cc1F.[Na+]. The van der Waals surface area contributed by atoms with Crippen LogP contribution in [0.4, 0.5) is 17.6 Å². The summed E-state index contributed by atoms with van der Waals surface area (Å²) in [5.74, 6) is -2.98. The van der Waals surface area contributed by atoms with Gasteiger partial charge in [0.1, 0.15) is 17.2 Å². The summed E-state index contributed by atoms with van der Waals surface area (Å²) < 4.78 is 55.5. The number of hydrogen-bond donors (Lipinski definition) is 1. The molecule has 12 heteroatoms. The summed E-state index contributed by atoms with van der Waals surface area (Å²) in [6.45, 7) is 6.03. The maximum Gasteiger partial charge on any atom is 1.00 e. The molecule has 0 radical (unpaired) electrons. The number of nitrogens with zero attached hydrogens (tertiary/aromatic N) is 2. The van der Waals surface area contributed by atoms with Gasteiger partial charge in [-0.15, -0.1) is 0 Å². The number of halogens is 4. The number of nitrogens with one attached hydrogen (secondary N) is 1. The molecule has 0 unspecified atom stereocenters. The van der Waals surface area contributed by atoms with Crippen LogP contribution >= 0.6 is 0 Å². The molecule has 1 saturated carbocycles. The third kappa shape index (κ3) is 7.41. The van der Waals surface area contributed by atoms with Crippen molar-refractivity contribution in [3.05, 3.63) is 70.5 Å². The van der Waals surface area contributed by atoms with Crippen LogP contribution in [0.15, 0.2) is 47.5 Å². The van der Waals surface area contributed by atoms with E-state index in [1.54, 1.807) is 0 Å². The van der Waals surface area contributed by atoms with Gasteiger partial charge >= 0.3 is 35.7 Å². The standard InChI is InChI=1S/C30H33F4N3O4.Na/c1-28(2,3)21-9-12-29(13-10-21)36-25(18-5-4-6-22(15-18)30(32,33)34)27(41)37(29)17-20-8-7-19(16-23(20)31)26(40)35-14-11-24(38)39;/h4-8,15-16,21H,9-14,17H2,1-3H3,(H,35,40)(H,38,39);/q;+1/p-1. The van der Waals surface area contributed by atoms with E-state index in [-0.39, 0.29) is 70.5 Å². The van der Waals surface area contributed by atoms with Gasteiger partial charge in [0.15, 0.2) is 0 Å². The van der Waals surface area contributed by atoms with Gasteiger partial charge in [-0.25, -0.2) is 4.39 Å². The number of rotatable bonds is 7. The molecule has 0 atom stereocenters. The molecule has 2 aliphatic rings. The molecular weight excluding hydrogens is 565 g/mol. The van der Waals surface area contributed by atoms with E-state index in [0.717, 1.165) is 31.0 Å². The summed E-state index contributed by atoms with van der Waals surface area (Å²) in [7, 11) is 0. The van der Waals surface area contributed by atoms with Gasteiger partial charge in [0.2, 0.25) is 0 Å². The molecular formula is C30H32F4N3NaO4. The van der Waals surface area contributed by atoms with Crippen molar-refractivity contribution in [2.45, 2.75) is 71.3 Å². The Hall–Kier alpha value is -2.76. The van der Waals surface area contributed by atoms with Crippen LogP contribution in [0.25, 0.3) is 0 Å². The number of carboxylic acid groups (broad SMARTS) is 1. The normalized spacial score (nSPS) is 20.7. The molecule has 7 nitrogen and oxygen atoms in total. The molecule has 0 bridgehead atoms. The summed E-state index contributed by atoms with van der Waals surface area (Å²) in [6, 6.07) is 8.22. The summed E-state index contributed by atoms with van der Waals surface area (Å²) in [4.78, 5) is 42.8. The number of carbonyl (C=O) groups is 3. The number of hydrogen-bond acceptors (Lipinski definition) is 5. The van der Waals surface area contributed by atoms with E-state index in [1.165, 1.54) is 29.2 Å². The van der Waals surface area contributed by atoms with E-state index >= 15 is 4.39 Å². The Balaban J connectivity index is 0.00000484. The Morgan fingerprint density at radius 3 is 2.33 bits per heavy atom. The molecule has 1 spiro atoms. The van der Waals surface area contributed by atoms with Gasteiger partial charge in [0, 0.05) is 35.6 Å². The van der Waals surface area contributed by atoms with Crippen molar-refractivity contribution in [1.29, 1.82) is 0 Å². The van der Waals surface area contributed by atoms with Crippen molar-refractivity contribution in [2.24, 2.45) is 16.3 Å². The zero-order valence-corrected chi connectivity index (χ0v) is 26.1. The number of carbonyl (C=O) groups excluding carboxylic acids is 3. The van der Waals surface area contributed by atoms with E-state index in [2.05, 4.69) is 26.1 Å². The van der Waals surface area contributed by atoms with Gasteiger partial charge in [-0.2, -0.15) is 13.2 Å². The Morgan fingerprint density at radius 1 is 1.10 bits per heavy atom. The molecule has 0 aromatic heterocycles. The number of amides is 2. The third-order valence-corrected chi connectivity index (χ3v) is 8.00. The fraction of sp³-hybridized carbons (Fsp3) is 0.467. The minimum atomic E-state index is -4.60. The van der Waals surface area contributed by atoms with E-state index in [4.69, 9.17) is 4.99 Å². The number of carboxylic acids is 1. The molecule has 42 heavy (non-hydrogen) atoms. The second-order valence-electron chi connectivity index (χ2n) is 11.7. The number of alkyl halides is 3. The van der Waals surface area contributed by atoms with Crippen LogP contribution in [0.1, 0.15) is 79.9 Å². The van der Waals surface area contributed by atoms with Crippen molar-refractivity contribution < 1.29 is 66.6 Å². The fourth-order valence-electron chi connectivity index (χ4n) is 5.58. The molecule has 2 amide bonds. The Morgan fingerprint density at radius 2 is 1.76 bits per heavy atom. The third-order valence-electron chi connectivity index (χ3n) is 8.00. The van der Waals surface area contributed by atoms with Crippen LogP contribution < -0.4 is 40.0 Å². The molecule has 1 aliphatic heterocycles. The van der Waals surface area contributed by atoms with Crippen molar-refractivity contribution in [3.63, 3.8) is 0 Å². The molecule has 1 aliphatic carbocycles. The van der Waals surface area contributed by atoms with Crippen molar-refractivity contribution in [3.8, 4) is 0 Å². The molecule has 4 rings (SSSR count). The maximum atomic E-state index is 15.2. The second kappa shape index (κ2) is 12.9. The molecule has 2 aromatic carbocycles. The first kappa shape index (κ1) is 33.7. The minimum Gasteiger partial charge on any atom is -0.550 e. The van der Waals surface area contributed by atoms with Crippen molar-refractivity contribution in [1.82, 2.24) is 10.2 Å². The number of aliphatic imine (C=N–C) groups is 1. The quantitative estimate of drug-likeness (QED) is 0.386. The summed E-state index contributed by atoms with van der Waals surface area (Å²) in [6.07, 6.45) is -2.56. The van der Waals surface area contributed by atoms with Crippen LogP contribution in [0.2, 0.25) is 0 Å². The molecule has 1 fully saturated rings. The minimum absolute atomic E-state index is 0. The first-order valence-electron chi connectivity index (χ1n) is 13.5. The van der Waals surface area contributed by atoms with Gasteiger partial charge < -0.3 is 20.1 Å². The first-order chi connectivity index (χ1) is 19.1. The Bertz CT molecular complexity index is 1380. The smallest absolute Gasteiger partial charge is 0.550 e. The van der Waals surface area contributed by atoms with Crippen molar-refractivity contribution >= 4 is 23.5 Å². The Kier molecular flexibility index (Phi) is 10.3. The molecule has 2 aromatic rings. The van der Waals surface area contributed by atoms with Gasteiger partial charge in [-0.05, 0) is 61.3 Å². The van der Waals surface area contributed by atoms with E-state index in [0.29, 0.717) is 18.8 Å². The van der Waals surface area contributed by atoms with Gasteiger partial charge in [-0.1, -0.05) is 39.0 Å². The van der Waals surface area contributed by atoms with Crippen molar-refractivity contribution in [2.75, 3.05) is 6.54 Å². The van der Waals surface area contributed by atoms with Gasteiger partial charge in [0.05, 0.1) is 12.1 Å². The second-order valence-corrected chi connectivity index (χ2v) is 11.7. The van der Waals surface area contributed by atoms with E-state index in [9.17, 15) is 32.7 Å². The first-order valence-corrected chi connectivity index (χ1v) is 13.5. The van der Waals surface area contributed by atoms with Gasteiger partial charge in [0.25, 0.3) is 11.8 Å². The van der Waals surface area contributed by atoms with Crippen LogP contribution in [0, 0.1) is 17.2 Å². The van der Waals surface area contributed by atoms with E-state index in [1.807, 2.05) is 0 Å². The zero-order valence-electron chi connectivity index (χ0n) is 24.1. The molecule has 1 N–H and O–H groups in total. The Labute approximate surface area is 264 Å². The molecule has 0 saturated heterocycles. The average Bonchev–Trinajstić information content (AvgIpc) is 3.15. The maximum absolute atomic E-state index is 15.2. The predicted octanol–water partition coefficient (Wildman–Crippen LogP) is 1.48. The summed E-state index contributed by atoms with van der Waals surface area (Å²) in [5.41, 5.74) is -1.86. The number of aliphatic carboxylic acids is 1. The average molecular weight is 598 g/mol. The fourth-order valence-corrected chi connectivity index (χ4v) is 5.58. The summed E-state index contributed by atoms with van der Waals surface area (Å²) in [5, 5.41) is 12.9. The van der Waals surface area contributed by atoms with E-state index < -0.39 is 47.4 Å². The van der Waals surface area contributed by atoms with Crippen LogP contribution in [0.3, 0.4) is 0 Å². The molecule has 220 valence electrons. The van der Waals surface area contributed by atoms with Gasteiger partial charge in [-0.3, -0.25) is 14.6 Å². The van der Waals surface area contributed by atoms with Crippen LogP contribution in [-0.2, 0) is 22.3 Å². The monoisotopic (exact) mass is 597 g/mol. The predicted molar refractivity (Wildman–Crippen MR) is 141 cm³/mol. The molecule has 1 heterocycles. The van der Waals surface area contributed by atoms with Crippen LogP contribution in [0.5, 0.6) is 0 Å². The summed E-state index contributed by atoms with van der Waals surface area (Å²) >= 11 is 0. The van der Waals surface area contributed by atoms with Crippen LogP contribution in [-0.4, -0.2) is 40.6 Å². The zero-order chi connectivity index (χ0) is 30.2. The number of benzene rings is 2. The topological polar surface area (TPSA) is 102 Å².